The molecular weight excluding hydrogens is 482 g/mol. The Labute approximate surface area is 222 Å². The number of ketones is 2. The number of allylic oxidation sites excluding steroid dienone is 4. The van der Waals surface area contributed by atoms with Crippen molar-refractivity contribution < 1.29 is 28.6 Å². The zero-order chi connectivity index (χ0) is 26.8. The maximum absolute atomic E-state index is 13.1. The van der Waals surface area contributed by atoms with Gasteiger partial charge in [-0.1, -0.05) is 18.2 Å². The molecule has 0 atom stereocenters. The molecule has 0 spiro atoms. The Bertz CT molecular complexity index is 1330. The monoisotopic (exact) mass is 515 g/mol. The summed E-state index contributed by atoms with van der Waals surface area (Å²) in [6.45, 7) is 6.03. The van der Waals surface area contributed by atoms with Crippen LogP contribution < -0.4 is 14.8 Å². The fraction of sp³-hybridized carbons (Fsp3) is 0.387. The van der Waals surface area contributed by atoms with E-state index < -0.39 is 5.92 Å². The van der Waals surface area contributed by atoms with E-state index in [9.17, 15) is 14.4 Å². The van der Waals surface area contributed by atoms with Gasteiger partial charge in [0.2, 0.25) is 0 Å². The molecule has 198 valence electrons. The average molecular weight is 516 g/mol. The average Bonchev–Trinajstić information content (AvgIpc) is 2.90. The Hall–Kier alpha value is -3.87. The van der Waals surface area contributed by atoms with E-state index in [1.807, 2.05) is 51.1 Å². The highest BCUT2D eigenvalue weighted by Crippen LogP contribution is 2.48. The Morgan fingerprint density at radius 2 is 1.61 bits per heavy atom. The van der Waals surface area contributed by atoms with E-state index in [2.05, 4.69) is 5.32 Å². The summed E-state index contributed by atoms with van der Waals surface area (Å²) in [6.07, 6.45) is 3.79. The van der Waals surface area contributed by atoms with Gasteiger partial charge in [-0.05, 0) is 68.5 Å². The number of hydrogen-bond acceptors (Lipinski definition) is 6. The quantitative estimate of drug-likeness (QED) is 0.498. The molecule has 0 bridgehead atoms. The van der Waals surface area contributed by atoms with Crippen molar-refractivity contribution in [2.45, 2.75) is 65.2 Å². The molecule has 3 aliphatic rings. The van der Waals surface area contributed by atoms with Gasteiger partial charge in [0.15, 0.2) is 29.7 Å². The molecule has 2 aromatic rings. The first-order valence-corrected chi connectivity index (χ1v) is 13.3. The van der Waals surface area contributed by atoms with E-state index >= 15 is 0 Å². The van der Waals surface area contributed by atoms with Gasteiger partial charge >= 0.3 is 0 Å². The second-order valence-corrected chi connectivity index (χ2v) is 9.99. The summed E-state index contributed by atoms with van der Waals surface area (Å²) < 4.78 is 17.9. The third-order valence-electron chi connectivity index (χ3n) is 7.48. The fourth-order valence-electron chi connectivity index (χ4n) is 5.46. The van der Waals surface area contributed by atoms with Gasteiger partial charge in [0.1, 0.15) is 11.5 Å². The van der Waals surface area contributed by atoms with Crippen LogP contribution in [0.3, 0.4) is 0 Å². The van der Waals surface area contributed by atoms with Crippen LogP contribution in [0.15, 0.2) is 59.1 Å². The largest absolute Gasteiger partial charge is 0.490 e. The lowest BCUT2D eigenvalue weighted by molar-refractivity contribution is -0.119. The number of ether oxygens (including phenoxy) is 3. The van der Waals surface area contributed by atoms with Gasteiger partial charge in [-0.2, -0.15) is 0 Å². The van der Waals surface area contributed by atoms with Crippen molar-refractivity contribution in [2.75, 3.05) is 18.5 Å². The normalized spacial score (nSPS) is 17.6. The van der Waals surface area contributed by atoms with Gasteiger partial charge in [0, 0.05) is 48.4 Å². The number of carbonyl (C=O) groups is 3. The number of aryl methyl sites for hydroxylation is 1. The Balaban J connectivity index is 1.43. The summed E-state index contributed by atoms with van der Waals surface area (Å²) in [6, 6.07) is 11.2. The number of Topliss-reactive ketones (excluding diaryl/α,β-unsaturated/α-hetero) is 2. The molecule has 1 N–H and O–H groups in total. The van der Waals surface area contributed by atoms with Crippen LogP contribution >= 0.6 is 0 Å². The van der Waals surface area contributed by atoms with E-state index in [1.165, 1.54) is 0 Å². The lowest BCUT2D eigenvalue weighted by Gasteiger charge is -2.36. The Kier molecular flexibility index (Phi) is 7.36. The first-order valence-electron chi connectivity index (χ1n) is 13.3. The third-order valence-corrected chi connectivity index (χ3v) is 7.48. The molecule has 1 aliphatic heterocycles. The van der Waals surface area contributed by atoms with E-state index in [1.54, 1.807) is 6.07 Å². The molecule has 0 saturated heterocycles. The fourth-order valence-corrected chi connectivity index (χ4v) is 5.46. The van der Waals surface area contributed by atoms with Crippen LogP contribution in [0.2, 0.25) is 0 Å². The molecule has 1 heterocycles. The minimum Gasteiger partial charge on any atom is -0.490 e. The van der Waals surface area contributed by atoms with Crippen LogP contribution in [-0.4, -0.2) is 30.7 Å². The van der Waals surface area contributed by atoms with Gasteiger partial charge in [-0.15, -0.1) is 0 Å². The summed E-state index contributed by atoms with van der Waals surface area (Å²) in [5.41, 5.74) is 4.82. The second kappa shape index (κ2) is 10.9. The van der Waals surface area contributed by atoms with Crippen molar-refractivity contribution in [1.29, 1.82) is 0 Å². The van der Waals surface area contributed by atoms with Crippen molar-refractivity contribution in [1.82, 2.24) is 0 Å². The van der Waals surface area contributed by atoms with E-state index in [0.29, 0.717) is 66.5 Å². The minimum atomic E-state index is -0.477. The third kappa shape index (κ3) is 4.97. The lowest BCUT2D eigenvalue weighted by atomic mass is 9.73. The Morgan fingerprint density at radius 3 is 2.26 bits per heavy atom. The van der Waals surface area contributed by atoms with Crippen molar-refractivity contribution >= 4 is 23.2 Å². The number of carbonyl (C=O) groups excluding carboxylic acids is 3. The summed E-state index contributed by atoms with van der Waals surface area (Å²) in [5, 5.41) is 2.90. The molecule has 7 nitrogen and oxygen atoms in total. The van der Waals surface area contributed by atoms with Gasteiger partial charge in [-0.3, -0.25) is 14.4 Å². The van der Waals surface area contributed by atoms with Crippen LogP contribution in [0.1, 0.15) is 68.1 Å². The number of anilines is 1. The summed E-state index contributed by atoms with van der Waals surface area (Å²) in [4.78, 5) is 38.8. The molecule has 2 aliphatic carbocycles. The standard InChI is InChI=1S/C31H33NO6/c1-4-36-27-16-20(14-15-24(27)37-17-28(35)32-21-9-5-8-18(2)19(21)3)29-30-22(33)10-6-12-25(30)38-26-13-7-11-23(34)31(26)29/h5,8-9,14-16,29H,4,6-7,10-13,17H2,1-3H3,(H,32,35). The molecule has 1 amide bonds. The first kappa shape index (κ1) is 25.8. The zero-order valence-electron chi connectivity index (χ0n) is 22.1. The SMILES string of the molecule is CCOc1cc(C2C3=C(CCCC3=O)OC3=C2C(=O)CCC3)ccc1OCC(=O)Nc1cccc(C)c1C. The number of rotatable bonds is 7. The molecule has 2 aromatic carbocycles. The Morgan fingerprint density at radius 1 is 0.921 bits per heavy atom. The maximum atomic E-state index is 13.1. The molecule has 0 aromatic heterocycles. The predicted molar refractivity (Wildman–Crippen MR) is 143 cm³/mol. The van der Waals surface area contributed by atoms with Crippen molar-refractivity contribution in [2.24, 2.45) is 0 Å². The van der Waals surface area contributed by atoms with Gasteiger partial charge in [-0.25, -0.2) is 0 Å². The highest BCUT2D eigenvalue weighted by molar-refractivity contribution is 6.05. The number of hydrogen-bond donors (Lipinski definition) is 1. The van der Waals surface area contributed by atoms with Gasteiger partial charge in [0.25, 0.3) is 5.91 Å². The lowest BCUT2D eigenvalue weighted by Crippen LogP contribution is -2.30. The highest BCUT2D eigenvalue weighted by Gasteiger charge is 2.42. The summed E-state index contributed by atoms with van der Waals surface area (Å²) >= 11 is 0. The molecule has 38 heavy (non-hydrogen) atoms. The van der Waals surface area contributed by atoms with Crippen LogP contribution in [0.25, 0.3) is 0 Å². The summed E-state index contributed by atoms with van der Waals surface area (Å²) in [7, 11) is 0. The predicted octanol–water partition coefficient (Wildman–Crippen LogP) is 5.85. The van der Waals surface area contributed by atoms with E-state index in [-0.39, 0.29) is 24.1 Å². The van der Waals surface area contributed by atoms with Crippen molar-refractivity contribution in [3.05, 3.63) is 75.8 Å². The molecule has 0 saturated carbocycles. The molecule has 5 rings (SSSR count). The van der Waals surface area contributed by atoms with Crippen LogP contribution in [0.5, 0.6) is 11.5 Å². The number of amides is 1. The zero-order valence-corrected chi connectivity index (χ0v) is 22.1. The topological polar surface area (TPSA) is 90.9 Å². The number of benzene rings is 2. The molecule has 0 radical (unpaired) electrons. The van der Waals surface area contributed by atoms with E-state index in [4.69, 9.17) is 14.2 Å². The minimum absolute atomic E-state index is 0.0302. The second-order valence-electron chi connectivity index (χ2n) is 9.99. The van der Waals surface area contributed by atoms with Crippen LogP contribution in [0.4, 0.5) is 5.69 Å². The smallest absolute Gasteiger partial charge is 0.262 e. The van der Waals surface area contributed by atoms with Gasteiger partial charge < -0.3 is 19.5 Å². The molecular formula is C31H33NO6. The van der Waals surface area contributed by atoms with E-state index in [0.717, 1.165) is 35.2 Å². The maximum Gasteiger partial charge on any atom is 0.262 e. The van der Waals surface area contributed by atoms with Gasteiger partial charge in [0.05, 0.1) is 6.61 Å². The van der Waals surface area contributed by atoms with Crippen molar-refractivity contribution in [3.63, 3.8) is 0 Å². The summed E-state index contributed by atoms with van der Waals surface area (Å²) in [5.74, 6) is 1.58. The molecule has 0 fully saturated rings. The van der Waals surface area contributed by atoms with Crippen molar-refractivity contribution in [3.8, 4) is 11.5 Å². The molecule has 7 heteroatoms. The van der Waals surface area contributed by atoms with Crippen LogP contribution in [0, 0.1) is 13.8 Å². The number of nitrogens with one attached hydrogen (secondary N) is 1. The van der Waals surface area contributed by atoms with Crippen LogP contribution in [-0.2, 0) is 19.1 Å². The first-order chi connectivity index (χ1) is 18.4. The highest BCUT2D eigenvalue weighted by atomic mass is 16.5. The molecule has 0 unspecified atom stereocenters.